The van der Waals surface area contributed by atoms with Crippen LogP contribution in [0.5, 0.6) is 0 Å². The van der Waals surface area contributed by atoms with Gasteiger partial charge in [-0.25, -0.2) is 0 Å². The number of nitrogens with two attached hydrogens (primary N) is 1. The zero-order chi connectivity index (χ0) is 9.73. The molecular formula is C11H19NS. The van der Waals surface area contributed by atoms with E-state index in [1.54, 1.807) is 0 Å². The van der Waals surface area contributed by atoms with Crippen molar-refractivity contribution in [1.82, 2.24) is 0 Å². The maximum absolute atomic E-state index is 6.15. The SMILES string of the molecule is CCCC(C)(N)CCc1cccs1. The maximum atomic E-state index is 6.15. The molecule has 1 atom stereocenters. The summed E-state index contributed by atoms with van der Waals surface area (Å²) in [4.78, 5) is 1.45. The summed E-state index contributed by atoms with van der Waals surface area (Å²) >= 11 is 1.83. The van der Waals surface area contributed by atoms with Crippen LogP contribution >= 0.6 is 11.3 Å². The largest absolute Gasteiger partial charge is 0.325 e. The van der Waals surface area contributed by atoms with Gasteiger partial charge in [0.1, 0.15) is 0 Å². The number of hydrogen-bond acceptors (Lipinski definition) is 2. The molecule has 1 aromatic heterocycles. The first-order valence-corrected chi connectivity index (χ1v) is 5.83. The molecule has 2 heteroatoms. The molecule has 0 saturated heterocycles. The molecule has 74 valence electrons. The predicted octanol–water partition coefficient (Wildman–Crippen LogP) is 3.20. The van der Waals surface area contributed by atoms with E-state index >= 15 is 0 Å². The van der Waals surface area contributed by atoms with E-state index in [1.165, 1.54) is 11.3 Å². The van der Waals surface area contributed by atoms with Crippen LogP contribution in [0.3, 0.4) is 0 Å². The standard InChI is InChI=1S/C11H19NS/c1-3-7-11(2,12)8-6-10-5-4-9-13-10/h4-5,9H,3,6-8,12H2,1-2H3. The number of aryl methyl sites for hydroxylation is 1. The van der Waals surface area contributed by atoms with Gasteiger partial charge in [-0.05, 0) is 37.6 Å². The maximum Gasteiger partial charge on any atom is 0.0129 e. The molecule has 13 heavy (non-hydrogen) atoms. The van der Waals surface area contributed by atoms with Crippen LogP contribution in [0.4, 0.5) is 0 Å². The van der Waals surface area contributed by atoms with Crippen LogP contribution in [0.2, 0.25) is 0 Å². The molecule has 1 aromatic rings. The fourth-order valence-corrected chi connectivity index (χ4v) is 2.27. The summed E-state index contributed by atoms with van der Waals surface area (Å²) in [6.07, 6.45) is 4.53. The van der Waals surface area contributed by atoms with Crippen molar-refractivity contribution < 1.29 is 0 Å². The molecule has 0 aliphatic rings. The monoisotopic (exact) mass is 197 g/mol. The van der Waals surface area contributed by atoms with E-state index in [2.05, 4.69) is 31.4 Å². The molecule has 0 fully saturated rings. The third-order valence-electron chi connectivity index (χ3n) is 2.34. The van der Waals surface area contributed by atoms with E-state index in [4.69, 9.17) is 5.73 Å². The van der Waals surface area contributed by atoms with E-state index < -0.39 is 0 Å². The van der Waals surface area contributed by atoms with Crippen molar-refractivity contribution in [2.24, 2.45) is 5.73 Å². The second kappa shape index (κ2) is 4.77. The average Bonchev–Trinajstić information content (AvgIpc) is 2.52. The Labute approximate surface area is 85.0 Å². The van der Waals surface area contributed by atoms with Gasteiger partial charge in [-0.3, -0.25) is 0 Å². The van der Waals surface area contributed by atoms with Gasteiger partial charge in [-0.1, -0.05) is 19.4 Å². The summed E-state index contributed by atoms with van der Waals surface area (Å²) < 4.78 is 0. The summed E-state index contributed by atoms with van der Waals surface area (Å²) in [7, 11) is 0. The molecule has 1 rings (SSSR count). The predicted molar refractivity (Wildman–Crippen MR) is 60.1 cm³/mol. The first-order valence-electron chi connectivity index (χ1n) is 4.95. The smallest absolute Gasteiger partial charge is 0.0129 e. The first-order chi connectivity index (χ1) is 6.14. The molecule has 0 amide bonds. The van der Waals surface area contributed by atoms with Gasteiger partial charge in [-0.2, -0.15) is 0 Å². The van der Waals surface area contributed by atoms with E-state index in [1.807, 2.05) is 11.3 Å². The molecule has 0 aliphatic heterocycles. The van der Waals surface area contributed by atoms with Gasteiger partial charge in [-0.15, -0.1) is 11.3 Å². The highest BCUT2D eigenvalue weighted by Gasteiger charge is 2.16. The van der Waals surface area contributed by atoms with Gasteiger partial charge in [0.25, 0.3) is 0 Å². The van der Waals surface area contributed by atoms with Gasteiger partial charge in [0.15, 0.2) is 0 Å². The highest BCUT2D eigenvalue weighted by atomic mass is 32.1. The van der Waals surface area contributed by atoms with Gasteiger partial charge in [0.2, 0.25) is 0 Å². The molecule has 1 unspecified atom stereocenters. The summed E-state index contributed by atoms with van der Waals surface area (Å²) in [5.41, 5.74) is 6.18. The van der Waals surface area contributed by atoms with Crippen LogP contribution in [-0.2, 0) is 6.42 Å². The molecule has 1 nitrogen and oxygen atoms in total. The molecule has 0 radical (unpaired) electrons. The van der Waals surface area contributed by atoms with Crippen molar-refractivity contribution in [3.05, 3.63) is 22.4 Å². The summed E-state index contributed by atoms with van der Waals surface area (Å²) in [5.74, 6) is 0. The van der Waals surface area contributed by atoms with Gasteiger partial charge >= 0.3 is 0 Å². The fourth-order valence-electron chi connectivity index (χ4n) is 1.56. The molecule has 0 bridgehead atoms. The minimum Gasteiger partial charge on any atom is -0.325 e. The van der Waals surface area contributed by atoms with E-state index in [0.717, 1.165) is 19.3 Å². The molecule has 2 N–H and O–H groups in total. The Morgan fingerprint density at radius 2 is 2.23 bits per heavy atom. The average molecular weight is 197 g/mol. The molecule has 0 saturated carbocycles. The number of hydrogen-bond donors (Lipinski definition) is 1. The normalized spacial score (nSPS) is 15.6. The molecule has 0 aliphatic carbocycles. The topological polar surface area (TPSA) is 26.0 Å². The number of rotatable bonds is 5. The Bertz CT molecular complexity index is 226. The van der Waals surface area contributed by atoms with E-state index in [9.17, 15) is 0 Å². The zero-order valence-corrected chi connectivity index (χ0v) is 9.36. The van der Waals surface area contributed by atoms with E-state index in [-0.39, 0.29) is 5.54 Å². The summed E-state index contributed by atoms with van der Waals surface area (Å²) in [5, 5.41) is 2.13. The van der Waals surface area contributed by atoms with Crippen LogP contribution in [0.1, 0.15) is 38.0 Å². The molecule has 0 aromatic carbocycles. The number of thiophene rings is 1. The lowest BCUT2D eigenvalue weighted by Gasteiger charge is -2.23. The van der Waals surface area contributed by atoms with Crippen molar-refractivity contribution in [2.45, 2.75) is 45.1 Å². The van der Waals surface area contributed by atoms with Gasteiger partial charge in [0.05, 0.1) is 0 Å². The second-order valence-corrected chi connectivity index (χ2v) is 5.02. The quantitative estimate of drug-likeness (QED) is 0.770. The van der Waals surface area contributed by atoms with Crippen molar-refractivity contribution in [1.29, 1.82) is 0 Å². The highest BCUT2D eigenvalue weighted by Crippen LogP contribution is 2.19. The lowest BCUT2D eigenvalue weighted by molar-refractivity contribution is 0.398. The highest BCUT2D eigenvalue weighted by molar-refractivity contribution is 7.09. The van der Waals surface area contributed by atoms with Crippen LogP contribution < -0.4 is 5.73 Å². The zero-order valence-electron chi connectivity index (χ0n) is 8.55. The Hall–Kier alpha value is -0.340. The van der Waals surface area contributed by atoms with Gasteiger partial charge in [0, 0.05) is 10.4 Å². The molecular weight excluding hydrogens is 178 g/mol. The van der Waals surface area contributed by atoms with Crippen molar-refractivity contribution in [3.63, 3.8) is 0 Å². The Balaban J connectivity index is 2.33. The third-order valence-corrected chi connectivity index (χ3v) is 3.28. The van der Waals surface area contributed by atoms with Crippen LogP contribution in [0, 0.1) is 0 Å². The summed E-state index contributed by atoms with van der Waals surface area (Å²) in [6.45, 7) is 4.35. The van der Waals surface area contributed by atoms with Crippen LogP contribution in [0.15, 0.2) is 17.5 Å². The van der Waals surface area contributed by atoms with Crippen LogP contribution in [0.25, 0.3) is 0 Å². The van der Waals surface area contributed by atoms with Gasteiger partial charge < -0.3 is 5.73 Å². The lowest BCUT2D eigenvalue weighted by Crippen LogP contribution is -2.36. The fraction of sp³-hybridized carbons (Fsp3) is 0.636. The van der Waals surface area contributed by atoms with Crippen molar-refractivity contribution >= 4 is 11.3 Å². The molecule has 1 heterocycles. The Kier molecular flexibility index (Phi) is 3.94. The molecule has 0 spiro atoms. The van der Waals surface area contributed by atoms with Crippen molar-refractivity contribution in [3.8, 4) is 0 Å². The minimum absolute atomic E-state index is 0.0265. The third kappa shape index (κ3) is 3.92. The van der Waals surface area contributed by atoms with Crippen LogP contribution in [-0.4, -0.2) is 5.54 Å². The second-order valence-electron chi connectivity index (χ2n) is 3.98. The Morgan fingerprint density at radius 3 is 2.77 bits per heavy atom. The first kappa shape index (κ1) is 10.7. The Morgan fingerprint density at radius 1 is 1.46 bits per heavy atom. The van der Waals surface area contributed by atoms with E-state index in [0.29, 0.717) is 0 Å². The minimum atomic E-state index is 0.0265. The van der Waals surface area contributed by atoms with Crippen molar-refractivity contribution in [2.75, 3.05) is 0 Å². The summed E-state index contributed by atoms with van der Waals surface area (Å²) in [6, 6.07) is 4.29. The lowest BCUT2D eigenvalue weighted by atomic mass is 9.92.